The minimum absolute atomic E-state index is 0.355. The predicted molar refractivity (Wildman–Crippen MR) is 108 cm³/mol. The van der Waals surface area contributed by atoms with E-state index in [4.69, 9.17) is 5.10 Å². The molecule has 1 aromatic carbocycles. The Kier molecular flexibility index (Phi) is 6.01. The second-order valence-corrected chi connectivity index (χ2v) is 7.96. The molecule has 0 amide bonds. The summed E-state index contributed by atoms with van der Waals surface area (Å²) < 4.78 is 2.30. The molecule has 0 spiro atoms. The van der Waals surface area contributed by atoms with E-state index in [-0.39, 0.29) is 5.41 Å². The van der Waals surface area contributed by atoms with Crippen molar-refractivity contribution in [2.75, 3.05) is 0 Å². The first-order valence-electron chi connectivity index (χ1n) is 10.6. The molecule has 0 aliphatic heterocycles. The number of aryl methyl sites for hydroxylation is 1. The Morgan fingerprint density at radius 2 is 1.81 bits per heavy atom. The first-order valence-corrected chi connectivity index (χ1v) is 10.6. The van der Waals surface area contributed by atoms with Gasteiger partial charge in [0, 0.05) is 5.39 Å². The number of benzene rings is 1. The fourth-order valence-electron chi connectivity index (χ4n) is 4.81. The molecular weight excluding hydrogens is 318 g/mol. The second-order valence-electron chi connectivity index (χ2n) is 7.96. The average Bonchev–Trinajstić information content (AvgIpc) is 3.06. The number of hydrogen-bond acceptors (Lipinski definition) is 2. The van der Waals surface area contributed by atoms with Crippen LogP contribution in [-0.2, 0) is 11.8 Å². The van der Waals surface area contributed by atoms with Gasteiger partial charge in [-0.05, 0) is 43.7 Å². The number of nitrogens with zero attached hydrogens (tertiary/aromatic N) is 3. The number of hydrogen-bond donors (Lipinski definition) is 0. The lowest BCUT2D eigenvalue weighted by Crippen LogP contribution is -2.24. The fourth-order valence-corrected chi connectivity index (χ4v) is 4.81. The van der Waals surface area contributed by atoms with E-state index in [1.54, 1.807) is 0 Å². The first-order chi connectivity index (χ1) is 12.7. The summed E-state index contributed by atoms with van der Waals surface area (Å²) in [5.74, 6) is 0. The molecule has 1 aliphatic rings. The first kappa shape index (κ1) is 19.0. The number of aromatic nitrogens is 2. The Hall–Kier alpha value is -1.82. The lowest BCUT2D eigenvalue weighted by atomic mass is 9.74. The predicted octanol–water partition coefficient (Wildman–Crippen LogP) is 6.47. The van der Waals surface area contributed by atoms with Gasteiger partial charge in [-0.2, -0.15) is 10.4 Å². The second kappa shape index (κ2) is 8.25. The largest absolute Gasteiger partial charge is 0.262 e. The fraction of sp³-hybridized carbons (Fsp3) is 0.652. The summed E-state index contributed by atoms with van der Waals surface area (Å²) in [5.41, 5.74) is 3.28. The third-order valence-electron chi connectivity index (χ3n) is 6.16. The number of nitriles is 1. The van der Waals surface area contributed by atoms with Gasteiger partial charge in [-0.25, -0.2) is 0 Å². The van der Waals surface area contributed by atoms with Crippen molar-refractivity contribution >= 4 is 10.9 Å². The van der Waals surface area contributed by atoms with Crippen LogP contribution in [0.1, 0.15) is 95.9 Å². The zero-order valence-corrected chi connectivity index (χ0v) is 16.7. The third-order valence-corrected chi connectivity index (χ3v) is 6.16. The molecular formula is C23H33N3. The van der Waals surface area contributed by atoms with E-state index in [1.807, 2.05) is 0 Å². The van der Waals surface area contributed by atoms with Gasteiger partial charge in [-0.1, -0.05) is 65.0 Å². The smallest absolute Gasteiger partial charge is 0.0823 e. The summed E-state index contributed by atoms with van der Waals surface area (Å²) >= 11 is 0. The molecule has 0 N–H and O–H groups in total. The molecule has 0 bridgehead atoms. The van der Waals surface area contributed by atoms with E-state index in [0.717, 1.165) is 32.1 Å². The van der Waals surface area contributed by atoms with Gasteiger partial charge in [0.25, 0.3) is 0 Å². The Balaban J connectivity index is 2.12. The summed E-state index contributed by atoms with van der Waals surface area (Å²) in [5, 5.41) is 16.3. The van der Waals surface area contributed by atoms with E-state index < -0.39 is 0 Å². The minimum Gasteiger partial charge on any atom is -0.262 e. The van der Waals surface area contributed by atoms with Crippen LogP contribution in [0.5, 0.6) is 0 Å². The maximum atomic E-state index is 10.1. The van der Waals surface area contributed by atoms with Crippen LogP contribution < -0.4 is 0 Å². The van der Waals surface area contributed by atoms with E-state index in [0.29, 0.717) is 6.04 Å². The highest BCUT2D eigenvalue weighted by atomic mass is 15.3. The molecule has 3 rings (SSSR count). The van der Waals surface area contributed by atoms with Crippen molar-refractivity contribution in [3.63, 3.8) is 0 Å². The molecule has 1 aromatic heterocycles. The summed E-state index contributed by atoms with van der Waals surface area (Å²) in [6.45, 7) is 6.55. The lowest BCUT2D eigenvalue weighted by Gasteiger charge is -2.27. The molecule has 0 saturated heterocycles. The van der Waals surface area contributed by atoms with E-state index in [1.165, 1.54) is 54.3 Å². The highest BCUT2D eigenvalue weighted by molar-refractivity contribution is 5.83. The molecule has 2 aromatic rings. The van der Waals surface area contributed by atoms with Crippen molar-refractivity contribution in [1.82, 2.24) is 9.78 Å². The quantitative estimate of drug-likeness (QED) is 0.574. The van der Waals surface area contributed by atoms with Crippen LogP contribution in [0.15, 0.2) is 18.2 Å². The average molecular weight is 352 g/mol. The monoisotopic (exact) mass is 351 g/mol. The zero-order valence-electron chi connectivity index (χ0n) is 16.7. The van der Waals surface area contributed by atoms with Gasteiger partial charge in [-0.15, -0.1) is 0 Å². The Morgan fingerprint density at radius 3 is 2.38 bits per heavy atom. The van der Waals surface area contributed by atoms with Crippen molar-refractivity contribution in [2.24, 2.45) is 0 Å². The van der Waals surface area contributed by atoms with Crippen LogP contribution in [0.4, 0.5) is 0 Å². The molecule has 1 saturated carbocycles. The zero-order chi connectivity index (χ0) is 18.6. The topological polar surface area (TPSA) is 41.6 Å². The van der Waals surface area contributed by atoms with Crippen molar-refractivity contribution in [1.29, 1.82) is 5.26 Å². The maximum absolute atomic E-state index is 10.1. The summed E-state index contributed by atoms with van der Waals surface area (Å²) in [4.78, 5) is 0. The van der Waals surface area contributed by atoms with E-state index in [2.05, 4.69) is 49.7 Å². The van der Waals surface area contributed by atoms with Crippen LogP contribution in [0.25, 0.3) is 10.9 Å². The van der Waals surface area contributed by atoms with Gasteiger partial charge in [0.15, 0.2) is 0 Å². The Morgan fingerprint density at radius 1 is 1.12 bits per heavy atom. The van der Waals surface area contributed by atoms with Crippen LogP contribution in [0, 0.1) is 11.3 Å². The molecule has 0 unspecified atom stereocenters. The molecule has 1 heterocycles. The van der Waals surface area contributed by atoms with Gasteiger partial charge in [0.1, 0.15) is 0 Å². The molecule has 140 valence electrons. The Bertz CT molecular complexity index is 769. The van der Waals surface area contributed by atoms with Crippen molar-refractivity contribution in [3.8, 4) is 6.07 Å². The molecule has 1 fully saturated rings. The van der Waals surface area contributed by atoms with Gasteiger partial charge < -0.3 is 0 Å². The number of fused-ring (bicyclic) bond motifs is 1. The van der Waals surface area contributed by atoms with Gasteiger partial charge in [-0.3, -0.25) is 4.68 Å². The molecule has 0 atom stereocenters. The van der Waals surface area contributed by atoms with Crippen molar-refractivity contribution < 1.29 is 0 Å². The van der Waals surface area contributed by atoms with Gasteiger partial charge in [0.2, 0.25) is 0 Å². The van der Waals surface area contributed by atoms with Crippen molar-refractivity contribution in [3.05, 3.63) is 29.5 Å². The molecule has 3 heteroatoms. The maximum Gasteiger partial charge on any atom is 0.0823 e. The highest BCUT2D eigenvalue weighted by Gasteiger charge is 2.31. The SMILES string of the molecule is CCCC(C#N)(CCC)c1ccc2c(CC)nn(C3CCCCC3)c2c1. The molecule has 26 heavy (non-hydrogen) atoms. The van der Waals surface area contributed by atoms with Crippen LogP contribution in [0.2, 0.25) is 0 Å². The summed E-state index contributed by atoms with van der Waals surface area (Å²) in [6.07, 6.45) is 11.3. The van der Waals surface area contributed by atoms with Crippen LogP contribution in [0.3, 0.4) is 0 Å². The van der Waals surface area contributed by atoms with Crippen LogP contribution in [-0.4, -0.2) is 9.78 Å². The van der Waals surface area contributed by atoms with Crippen molar-refractivity contribution in [2.45, 2.75) is 96.4 Å². The summed E-state index contributed by atoms with van der Waals surface area (Å²) in [7, 11) is 0. The van der Waals surface area contributed by atoms with E-state index >= 15 is 0 Å². The molecule has 1 aliphatic carbocycles. The lowest BCUT2D eigenvalue weighted by molar-refractivity contribution is 0.335. The minimum atomic E-state index is -0.355. The van der Waals surface area contributed by atoms with Crippen LogP contribution >= 0.6 is 0 Å². The highest BCUT2D eigenvalue weighted by Crippen LogP contribution is 2.38. The normalized spacial score (nSPS) is 16.1. The van der Waals surface area contributed by atoms with E-state index in [9.17, 15) is 5.26 Å². The molecule has 3 nitrogen and oxygen atoms in total. The summed E-state index contributed by atoms with van der Waals surface area (Å²) in [6, 6.07) is 9.94. The standard InChI is InChI=1S/C23H33N3/c1-4-14-23(17-24,15-5-2)18-12-13-20-21(6-3)25-26(22(20)16-18)19-10-8-7-9-11-19/h12-13,16,19H,4-11,14-15H2,1-3H3. The van der Waals surface area contributed by atoms with Gasteiger partial charge >= 0.3 is 0 Å². The third kappa shape index (κ3) is 3.39. The number of rotatable bonds is 7. The van der Waals surface area contributed by atoms with Gasteiger partial charge in [0.05, 0.1) is 28.7 Å². The molecule has 0 radical (unpaired) electrons. The Labute approximate surface area is 158 Å².